The fourth-order valence-corrected chi connectivity index (χ4v) is 2.65. The van der Waals surface area contributed by atoms with Crippen molar-refractivity contribution in [2.75, 3.05) is 32.8 Å². The Kier molecular flexibility index (Phi) is 10.2. The van der Waals surface area contributed by atoms with Crippen LogP contribution in [0, 0.1) is 0 Å². The lowest BCUT2D eigenvalue weighted by Crippen LogP contribution is -2.20. The number of amides is 2. The van der Waals surface area contributed by atoms with Crippen molar-refractivity contribution in [2.24, 2.45) is 5.10 Å². The number of anilines is 1. The molecular weight excluding hydrogens is 430 g/mol. The first-order chi connectivity index (χ1) is 16.0. The van der Waals surface area contributed by atoms with Gasteiger partial charge in [-0.15, -0.1) is 0 Å². The Bertz CT molecular complexity index is 992. The van der Waals surface area contributed by atoms with Crippen LogP contribution in [0.3, 0.4) is 0 Å². The lowest BCUT2D eigenvalue weighted by molar-refractivity contribution is -0.145. The first kappa shape index (κ1) is 25.2. The molecule has 0 unspecified atom stereocenters. The number of benzene rings is 2. The van der Waals surface area contributed by atoms with Crippen molar-refractivity contribution in [1.29, 1.82) is 0 Å². The van der Waals surface area contributed by atoms with Gasteiger partial charge in [0.25, 0.3) is 0 Å². The molecule has 0 aromatic heterocycles. The molecule has 10 heteroatoms. The second-order valence-electron chi connectivity index (χ2n) is 6.55. The number of carbonyl (C=O) groups is 3. The number of rotatable bonds is 12. The molecule has 0 aliphatic heterocycles. The first-order valence-corrected chi connectivity index (χ1v) is 10.2. The van der Waals surface area contributed by atoms with Gasteiger partial charge >= 0.3 is 5.97 Å². The van der Waals surface area contributed by atoms with Gasteiger partial charge in [0.1, 0.15) is 5.75 Å². The predicted octanol–water partition coefficient (Wildman–Crippen LogP) is 2.51. The largest absolute Gasteiger partial charge is 0.495 e. The standard InChI is InChI=1S/C23H27N3O7/c1-4-32-23(29)15-33-19-10-9-16(13-20(19)31-3)14-24-26-22(28)12-11-21(27)25-17-7-5-6-8-18(17)30-2/h5-10,13-14H,4,11-12,15H2,1-3H3,(H,25,27)(H,26,28). The van der Waals surface area contributed by atoms with Crippen molar-refractivity contribution < 1.29 is 33.3 Å². The van der Waals surface area contributed by atoms with E-state index in [1.165, 1.54) is 20.4 Å². The second-order valence-corrected chi connectivity index (χ2v) is 6.55. The highest BCUT2D eigenvalue weighted by Gasteiger charge is 2.10. The summed E-state index contributed by atoms with van der Waals surface area (Å²) < 4.78 is 20.6. The molecular formula is C23H27N3O7. The van der Waals surface area contributed by atoms with Crippen molar-refractivity contribution in [3.05, 3.63) is 48.0 Å². The highest BCUT2D eigenvalue weighted by molar-refractivity contribution is 5.94. The summed E-state index contributed by atoms with van der Waals surface area (Å²) in [5.41, 5.74) is 3.54. The van der Waals surface area contributed by atoms with Crippen molar-refractivity contribution in [2.45, 2.75) is 19.8 Å². The van der Waals surface area contributed by atoms with Crippen LogP contribution in [0.1, 0.15) is 25.3 Å². The van der Waals surface area contributed by atoms with Crippen LogP contribution in [0.2, 0.25) is 0 Å². The van der Waals surface area contributed by atoms with Gasteiger partial charge < -0.3 is 24.3 Å². The number of ether oxygens (including phenoxy) is 4. The SMILES string of the molecule is CCOC(=O)COc1ccc(C=NNC(=O)CCC(=O)Nc2ccccc2OC)cc1OC. The molecule has 0 aliphatic carbocycles. The Morgan fingerprint density at radius 2 is 1.67 bits per heavy atom. The third kappa shape index (κ3) is 8.52. The number of nitrogens with zero attached hydrogens (tertiary/aromatic N) is 1. The number of hydrazone groups is 1. The van der Waals surface area contributed by atoms with Gasteiger partial charge in [0.15, 0.2) is 18.1 Å². The molecule has 0 aliphatic rings. The Morgan fingerprint density at radius 1 is 0.939 bits per heavy atom. The summed E-state index contributed by atoms with van der Waals surface area (Å²) in [7, 11) is 2.97. The van der Waals surface area contributed by atoms with Gasteiger partial charge in [-0.05, 0) is 42.8 Å². The molecule has 0 saturated heterocycles. The molecule has 0 saturated carbocycles. The summed E-state index contributed by atoms with van der Waals surface area (Å²) >= 11 is 0. The molecule has 2 aromatic rings. The fourth-order valence-electron chi connectivity index (χ4n) is 2.65. The Morgan fingerprint density at radius 3 is 2.39 bits per heavy atom. The van der Waals surface area contributed by atoms with E-state index in [0.717, 1.165) is 0 Å². The van der Waals surface area contributed by atoms with Crippen LogP contribution in [0.25, 0.3) is 0 Å². The maximum absolute atomic E-state index is 12.1. The van der Waals surface area contributed by atoms with E-state index in [-0.39, 0.29) is 32.0 Å². The minimum absolute atomic E-state index is 0.0142. The molecule has 2 N–H and O–H groups in total. The number of nitrogens with one attached hydrogen (secondary N) is 2. The number of para-hydroxylation sites is 2. The molecule has 0 atom stereocenters. The smallest absolute Gasteiger partial charge is 0.344 e. The number of hydrogen-bond acceptors (Lipinski definition) is 8. The second kappa shape index (κ2) is 13.4. The van der Waals surface area contributed by atoms with E-state index in [1.807, 2.05) is 0 Å². The molecule has 33 heavy (non-hydrogen) atoms. The van der Waals surface area contributed by atoms with Gasteiger partial charge in [0.2, 0.25) is 11.8 Å². The third-order valence-corrected chi connectivity index (χ3v) is 4.20. The Hall–Kier alpha value is -4.08. The average Bonchev–Trinajstić information content (AvgIpc) is 2.82. The van der Waals surface area contributed by atoms with Gasteiger partial charge in [-0.2, -0.15) is 5.10 Å². The molecule has 0 fully saturated rings. The average molecular weight is 457 g/mol. The van der Waals surface area contributed by atoms with Crippen LogP contribution >= 0.6 is 0 Å². The summed E-state index contributed by atoms with van der Waals surface area (Å²) in [6.45, 7) is 1.74. The van der Waals surface area contributed by atoms with E-state index >= 15 is 0 Å². The van der Waals surface area contributed by atoms with Gasteiger partial charge in [-0.1, -0.05) is 12.1 Å². The van der Waals surface area contributed by atoms with Crippen molar-refractivity contribution >= 4 is 29.7 Å². The molecule has 0 spiro atoms. The van der Waals surface area contributed by atoms with E-state index in [1.54, 1.807) is 49.4 Å². The molecule has 2 aromatic carbocycles. The van der Waals surface area contributed by atoms with Crippen LogP contribution in [-0.4, -0.2) is 51.4 Å². The summed E-state index contributed by atoms with van der Waals surface area (Å²) in [5, 5.41) is 6.59. The summed E-state index contributed by atoms with van der Waals surface area (Å²) in [6, 6.07) is 11.9. The number of hydrogen-bond donors (Lipinski definition) is 2. The van der Waals surface area contributed by atoms with Crippen molar-refractivity contribution in [1.82, 2.24) is 5.43 Å². The highest BCUT2D eigenvalue weighted by atomic mass is 16.6. The maximum Gasteiger partial charge on any atom is 0.344 e. The van der Waals surface area contributed by atoms with Crippen molar-refractivity contribution in [3.63, 3.8) is 0 Å². The van der Waals surface area contributed by atoms with Crippen LogP contribution in [0.15, 0.2) is 47.6 Å². The van der Waals surface area contributed by atoms with E-state index in [9.17, 15) is 14.4 Å². The lowest BCUT2D eigenvalue weighted by atomic mass is 10.2. The first-order valence-electron chi connectivity index (χ1n) is 10.2. The topological polar surface area (TPSA) is 125 Å². The number of methoxy groups -OCH3 is 2. The fraction of sp³-hybridized carbons (Fsp3) is 0.304. The van der Waals surface area contributed by atoms with Crippen LogP contribution in [0.5, 0.6) is 17.2 Å². The van der Waals surface area contributed by atoms with Gasteiger partial charge in [-0.25, -0.2) is 10.2 Å². The maximum atomic E-state index is 12.1. The highest BCUT2D eigenvalue weighted by Crippen LogP contribution is 2.27. The molecule has 0 radical (unpaired) electrons. The normalized spacial score (nSPS) is 10.4. The van der Waals surface area contributed by atoms with Crippen LogP contribution in [0.4, 0.5) is 5.69 Å². The molecule has 0 heterocycles. The summed E-state index contributed by atoms with van der Waals surface area (Å²) in [6.07, 6.45) is 1.37. The van der Waals surface area contributed by atoms with Gasteiger partial charge in [0.05, 0.1) is 32.7 Å². The molecule has 2 rings (SSSR count). The molecule has 2 amide bonds. The Labute approximate surface area is 191 Å². The zero-order chi connectivity index (χ0) is 24.1. The molecule has 176 valence electrons. The van der Waals surface area contributed by atoms with E-state index in [0.29, 0.717) is 28.5 Å². The predicted molar refractivity (Wildman–Crippen MR) is 122 cm³/mol. The molecule has 0 bridgehead atoms. The summed E-state index contributed by atoms with van der Waals surface area (Å²) in [5.74, 6) is 0.0806. The lowest BCUT2D eigenvalue weighted by Gasteiger charge is -2.10. The zero-order valence-electron chi connectivity index (χ0n) is 18.8. The van der Waals surface area contributed by atoms with E-state index < -0.39 is 11.9 Å². The quantitative estimate of drug-likeness (QED) is 0.285. The Balaban J connectivity index is 1.81. The minimum Gasteiger partial charge on any atom is -0.495 e. The third-order valence-electron chi connectivity index (χ3n) is 4.20. The van der Waals surface area contributed by atoms with Crippen LogP contribution < -0.4 is 25.0 Å². The van der Waals surface area contributed by atoms with Crippen LogP contribution in [-0.2, 0) is 19.1 Å². The van der Waals surface area contributed by atoms with E-state index in [4.69, 9.17) is 18.9 Å². The van der Waals surface area contributed by atoms with E-state index in [2.05, 4.69) is 15.8 Å². The van der Waals surface area contributed by atoms with Gasteiger partial charge in [0, 0.05) is 12.8 Å². The molecule has 10 nitrogen and oxygen atoms in total. The monoisotopic (exact) mass is 457 g/mol. The number of esters is 1. The zero-order valence-corrected chi connectivity index (χ0v) is 18.8. The van der Waals surface area contributed by atoms with Crippen molar-refractivity contribution in [3.8, 4) is 17.2 Å². The summed E-state index contributed by atoms with van der Waals surface area (Å²) in [4.78, 5) is 35.5. The minimum atomic E-state index is -0.482. The number of carbonyl (C=O) groups excluding carboxylic acids is 3. The van der Waals surface area contributed by atoms with Gasteiger partial charge in [-0.3, -0.25) is 9.59 Å².